The van der Waals surface area contributed by atoms with Gasteiger partial charge in [0.25, 0.3) is 0 Å². The van der Waals surface area contributed by atoms with Gasteiger partial charge in [-0.1, -0.05) is 19.4 Å². The van der Waals surface area contributed by atoms with E-state index in [1.807, 2.05) is 43.9 Å². The SMILES string of the molecule is [CH-]=C(NC1=CC(NC(=O)CN2CC(C)(C)C2)=CNC1C)c1cnn2cc(-c3c(C)nn(C)c3OC)sc12.[U]. The van der Waals surface area contributed by atoms with Crippen LogP contribution in [-0.2, 0) is 11.8 Å². The van der Waals surface area contributed by atoms with Crippen molar-refractivity contribution in [3.63, 3.8) is 0 Å². The fraction of sp³-hybridized carbons (Fsp3) is 0.423. The molecular weight excluding hydrogens is 726 g/mol. The Kier molecular flexibility index (Phi) is 8.19. The first-order chi connectivity index (χ1) is 17.5. The molecule has 1 amide bonds. The van der Waals surface area contributed by atoms with E-state index in [1.165, 1.54) is 0 Å². The fourth-order valence-electron chi connectivity index (χ4n) is 5.00. The first-order valence-corrected chi connectivity index (χ1v) is 13.0. The van der Waals surface area contributed by atoms with Crippen LogP contribution in [-0.4, -0.2) is 63.0 Å². The van der Waals surface area contributed by atoms with Gasteiger partial charge in [0.05, 0.1) is 41.5 Å². The van der Waals surface area contributed by atoms with Crippen molar-refractivity contribution in [2.24, 2.45) is 12.5 Å². The molecule has 38 heavy (non-hydrogen) atoms. The number of aryl methyl sites for hydroxylation is 2. The minimum atomic E-state index is -0.0313. The average molecular weight is 760 g/mol. The second kappa shape index (κ2) is 10.9. The first kappa shape index (κ1) is 28.5. The maximum atomic E-state index is 12.5. The number of allylic oxidation sites excluding steroid dienone is 1. The summed E-state index contributed by atoms with van der Waals surface area (Å²) in [5, 5.41) is 18.6. The number of hydrogen-bond donors (Lipinski definition) is 3. The summed E-state index contributed by atoms with van der Waals surface area (Å²) in [5.74, 6) is 0.668. The largest absolute Gasteiger partial charge is 0.481 e. The van der Waals surface area contributed by atoms with Crippen molar-refractivity contribution in [1.29, 1.82) is 0 Å². The van der Waals surface area contributed by atoms with Crippen LogP contribution in [0.4, 0.5) is 0 Å². The van der Waals surface area contributed by atoms with Gasteiger partial charge in [0, 0.05) is 74.2 Å². The number of rotatable bonds is 8. The van der Waals surface area contributed by atoms with Gasteiger partial charge in [-0.05, 0) is 31.5 Å². The summed E-state index contributed by atoms with van der Waals surface area (Å²) in [7, 11) is 3.50. The van der Waals surface area contributed by atoms with Gasteiger partial charge in [-0.2, -0.15) is 10.2 Å². The van der Waals surface area contributed by atoms with E-state index in [2.05, 4.69) is 44.9 Å². The third-order valence-corrected chi connectivity index (χ3v) is 7.72. The summed E-state index contributed by atoms with van der Waals surface area (Å²) < 4.78 is 9.12. The number of carbonyl (C=O) groups is 1. The van der Waals surface area contributed by atoms with E-state index >= 15 is 0 Å². The molecule has 2 aliphatic rings. The average Bonchev–Trinajstić information content (AvgIpc) is 3.46. The van der Waals surface area contributed by atoms with Crippen LogP contribution in [0.25, 0.3) is 21.0 Å². The van der Waals surface area contributed by atoms with Crippen LogP contribution in [0.1, 0.15) is 32.0 Å². The van der Waals surface area contributed by atoms with E-state index in [1.54, 1.807) is 29.3 Å². The van der Waals surface area contributed by atoms with Crippen molar-refractivity contribution < 1.29 is 40.6 Å². The number of dihydropyridines is 1. The number of amides is 1. The van der Waals surface area contributed by atoms with Gasteiger partial charge in [-0.15, -0.1) is 17.0 Å². The van der Waals surface area contributed by atoms with Crippen molar-refractivity contribution in [1.82, 2.24) is 40.2 Å². The number of ether oxygens (including phenoxy) is 1. The van der Waals surface area contributed by atoms with Gasteiger partial charge < -0.3 is 20.7 Å². The molecule has 200 valence electrons. The van der Waals surface area contributed by atoms with E-state index < -0.39 is 0 Å². The number of nitrogens with one attached hydrogen (secondary N) is 3. The van der Waals surface area contributed by atoms with Gasteiger partial charge in [-0.25, -0.2) is 9.20 Å². The summed E-state index contributed by atoms with van der Waals surface area (Å²) >= 11 is 1.57. The van der Waals surface area contributed by atoms with Gasteiger partial charge in [-0.3, -0.25) is 16.3 Å². The van der Waals surface area contributed by atoms with E-state index in [4.69, 9.17) is 11.3 Å². The minimum absolute atomic E-state index is 0. The van der Waals surface area contributed by atoms with Crippen molar-refractivity contribution in [3.8, 4) is 16.3 Å². The Morgan fingerprint density at radius 3 is 2.76 bits per heavy atom. The summed E-state index contributed by atoms with van der Waals surface area (Å²) in [4.78, 5) is 16.6. The Morgan fingerprint density at radius 2 is 2.08 bits per heavy atom. The van der Waals surface area contributed by atoms with Crippen LogP contribution < -0.4 is 20.7 Å². The second-order valence-electron chi connectivity index (χ2n) is 10.5. The number of fused-ring (bicyclic) bond motifs is 1. The van der Waals surface area contributed by atoms with Gasteiger partial charge in [0.1, 0.15) is 0 Å². The van der Waals surface area contributed by atoms with Crippen molar-refractivity contribution in [2.45, 2.75) is 33.7 Å². The molecule has 1 saturated heterocycles. The normalized spacial score (nSPS) is 18.5. The zero-order valence-electron chi connectivity index (χ0n) is 22.5. The van der Waals surface area contributed by atoms with Crippen molar-refractivity contribution >= 4 is 27.8 Å². The fourth-order valence-corrected chi connectivity index (χ4v) is 6.16. The minimum Gasteiger partial charge on any atom is -0.481 e. The predicted octanol–water partition coefficient (Wildman–Crippen LogP) is 2.65. The molecule has 5 rings (SSSR count). The number of thiazole rings is 1. The quantitative estimate of drug-likeness (QED) is 0.304. The smallest absolute Gasteiger partial charge is 0.238 e. The molecule has 0 aromatic carbocycles. The third kappa shape index (κ3) is 5.59. The number of nitrogens with zero attached hydrogens (tertiary/aromatic N) is 5. The summed E-state index contributed by atoms with van der Waals surface area (Å²) in [6.07, 6.45) is 7.44. The van der Waals surface area contributed by atoms with Gasteiger partial charge in [0.15, 0.2) is 0 Å². The van der Waals surface area contributed by atoms with Crippen LogP contribution >= 0.6 is 11.3 Å². The Hall–Kier alpha value is -2.52. The molecule has 0 spiro atoms. The zero-order chi connectivity index (χ0) is 26.5. The van der Waals surface area contributed by atoms with Crippen LogP contribution in [0.3, 0.4) is 0 Å². The molecule has 1 atom stereocenters. The number of likely N-dealkylation sites (tertiary alicyclic amines) is 1. The maximum absolute atomic E-state index is 12.5. The topological polar surface area (TPSA) is 101 Å². The first-order valence-electron chi connectivity index (χ1n) is 12.2. The third-order valence-electron chi connectivity index (χ3n) is 6.59. The van der Waals surface area contributed by atoms with E-state index in [0.29, 0.717) is 23.8 Å². The molecule has 3 aromatic heterocycles. The molecule has 10 nitrogen and oxygen atoms in total. The predicted molar refractivity (Wildman–Crippen MR) is 145 cm³/mol. The zero-order valence-corrected chi connectivity index (χ0v) is 27.5. The summed E-state index contributed by atoms with van der Waals surface area (Å²) in [5.41, 5.74) is 4.93. The van der Waals surface area contributed by atoms with Gasteiger partial charge >= 0.3 is 0 Å². The number of carbonyl (C=O) groups excluding carboxylic acids is 1. The number of aromatic nitrogens is 4. The molecule has 0 saturated carbocycles. The monoisotopic (exact) mass is 759 g/mol. The number of methoxy groups -OCH3 is 1. The molecule has 12 heteroatoms. The van der Waals surface area contributed by atoms with Crippen molar-refractivity contribution in [3.05, 3.63) is 53.9 Å². The molecule has 1 unspecified atom stereocenters. The molecule has 0 bridgehead atoms. The molecule has 3 N–H and O–H groups in total. The Balaban J connectivity index is 0.00000336. The Labute approximate surface area is 250 Å². The van der Waals surface area contributed by atoms with Crippen LogP contribution in [0.5, 0.6) is 5.88 Å². The second-order valence-corrected chi connectivity index (χ2v) is 11.5. The molecule has 0 radical (unpaired) electrons. The van der Waals surface area contributed by atoms with E-state index in [-0.39, 0.29) is 48.5 Å². The van der Waals surface area contributed by atoms with Crippen LogP contribution in [0.2, 0.25) is 0 Å². The van der Waals surface area contributed by atoms with E-state index in [9.17, 15) is 4.79 Å². The molecule has 5 heterocycles. The molecule has 1 fully saturated rings. The van der Waals surface area contributed by atoms with Crippen LogP contribution in [0, 0.1) is 50.0 Å². The van der Waals surface area contributed by atoms with Crippen molar-refractivity contribution in [2.75, 3.05) is 26.7 Å². The molecular formula is C26H33N8O2SU-. The standard InChI is InChI=1S/C26H33N8O2S.U/c1-15(19-10-28-34-11-21(37-25(19)34)23-17(3)31-32(6)24(23)36-7)29-20-8-18(9-27-16(20)2)30-22(35)12-33-13-26(4,5)14-33;/h1,8-11,16,27,29H,12-14H2,2-7H3,(H,30,35);/q-1;. The van der Waals surface area contributed by atoms with Crippen LogP contribution in [0.15, 0.2) is 36.1 Å². The molecule has 2 aliphatic heterocycles. The molecule has 0 aliphatic carbocycles. The Bertz CT molecular complexity index is 1440. The molecule has 3 aromatic rings. The number of hydrogen-bond acceptors (Lipinski definition) is 8. The maximum Gasteiger partial charge on any atom is 0.238 e. The summed E-state index contributed by atoms with van der Waals surface area (Å²) in [6.45, 7) is 17.2. The van der Waals surface area contributed by atoms with E-state index in [0.717, 1.165) is 45.3 Å². The summed E-state index contributed by atoms with van der Waals surface area (Å²) in [6, 6.07) is -0.0114. The van der Waals surface area contributed by atoms with Gasteiger partial charge in [0.2, 0.25) is 11.8 Å². The Morgan fingerprint density at radius 1 is 1.34 bits per heavy atom.